The number of fused-ring (bicyclic) bond motifs is 4. The van der Waals surface area contributed by atoms with Crippen molar-refractivity contribution in [3.05, 3.63) is 47.5 Å². The van der Waals surface area contributed by atoms with E-state index in [0.717, 1.165) is 76.6 Å². The third-order valence-electron chi connectivity index (χ3n) is 8.86. The van der Waals surface area contributed by atoms with Crippen LogP contribution < -0.4 is 36.1 Å². The first-order chi connectivity index (χ1) is 23.9. The number of nitrogens with zero attached hydrogens (tertiary/aromatic N) is 1. The number of H-pyrrole nitrogens is 1. The number of urea groups is 1. The summed E-state index contributed by atoms with van der Waals surface area (Å²) in [6.07, 6.45) is 5.06. The second-order valence-corrected chi connectivity index (χ2v) is 16.0. The Hall–Kier alpha value is -3.69. The monoisotopic (exact) mass is 725 g/mol. The number of nitrogens with one attached hydrogen (secondary N) is 6. The van der Waals surface area contributed by atoms with Crippen LogP contribution in [0.3, 0.4) is 0 Å². The highest BCUT2D eigenvalue weighted by molar-refractivity contribution is 8.76. The summed E-state index contributed by atoms with van der Waals surface area (Å²) in [5.74, 6) is 3.93. The average Bonchev–Trinajstić information content (AvgIpc) is 3.86. The number of aromatic nitrogens is 2. The Morgan fingerprint density at radius 3 is 2.57 bits per heavy atom. The molecule has 49 heavy (non-hydrogen) atoms. The predicted octanol–water partition coefficient (Wildman–Crippen LogP) is 5.22. The molecule has 2 aromatic carbocycles. The average molecular weight is 726 g/mol. The maximum absolute atomic E-state index is 12.3. The lowest BCUT2D eigenvalue weighted by Crippen LogP contribution is -2.37. The van der Waals surface area contributed by atoms with Crippen molar-refractivity contribution >= 4 is 62.7 Å². The van der Waals surface area contributed by atoms with Crippen molar-refractivity contribution < 1.29 is 23.9 Å². The summed E-state index contributed by atoms with van der Waals surface area (Å²) >= 11 is 1.87. The summed E-state index contributed by atoms with van der Waals surface area (Å²) < 4.78 is 11.0. The maximum atomic E-state index is 12.3. The normalized spacial score (nSPS) is 18.6. The minimum atomic E-state index is -0.0789. The van der Waals surface area contributed by atoms with E-state index in [-0.39, 0.29) is 29.9 Å². The number of thioether (sulfide) groups is 1. The van der Waals surface area contributed by atoms with Crippen molar-refractivity contribution in [1.29, 1.82) is 0 Å². The Balaban J connectivity index is 0.819. The van der Waals surface area contributed by atoms with Crippen LogP contribution in [-0.2, 0) is 16.0 Å². The number of unbranched alkanes of at least 4 members (excludes halogenated alkanes) is 1. The molecule has 3 unspecified atom stereocenters. The highest BCUT2D eigenvalue weighted by Gasteiger charge is 2.42. The summed E-state index contributed by atoms with van der Waals surface area (Å²) in [5, 5.41) is 23.5. The lowest BCUT2D eigenvalue weighted by molar-refractivity contribution is -0.122. The molecule has 3 atom stereocenters. The number of methoxy groups -OCH3 is 2. The molecule has 0 spiro atoms. The number of hydrogen-bond acceptors (Lipinski definition) is 10. The van der Waals surface area contributed by atoms with Crippen molar-refractivity contribution in [2.45, 2.75) is 67.2 Å². The second kappa shape index (κ2) is 16.8. The molecule has 12 nitrogen and oxygen atoms in total. The number of anilines is 2. The Kier molecular flexibility index (Phi) is 12.1. The maximum Gasteiger partial charge on any atom is 0.315 e. The molecule has 0 radical (unpaired) electrons. The molecule has 3 aromatic rings. The van der Waals surface area contributed by atoms with Crippen LogP contribution in [0.15, 0.2) is 41.3 Å². The van der Waals surface area contributed by atoms with Crippen LogP contribution in [0.4, 0.5) is 16.3 Å². The van der Waals surface area contributed by atoms with E-state index in [0.29, 0.717) is 48.4 Å². The van der Waals surface area contributed by atoms with Crippen molar-refractivity contribution in [2.24, 2.45) is 0 Å². The van der Waals surface area contributed by atoms with Gasteiger partial charge in [-0.3, -0.25) is 14.7 Å². The number of hydrogen-bond donors (Lipinski definition) is 6. The van der Waals surface area contributed by atoms with Gasteiger partial charge in [0, 0.05) is 70.8 Å². The highest BCUT2D eigenvalue weighted by atomic mass is 33.1. The minimum absolute atomic E-state index is 0.0388. The number of carbonyl (C=O) groups excluding carboxylic acids is 3. The van der Waals surface area contributed by atoms with Crippen LogP contribution in [0.5, 0.6) is 11.5 Å². The molecule has 3 aliphatic rings. The van der Waals surface area contributed by atoms with Crippen molar-refractivity contribution in [3.63, 3.8) is 0 Å². The van der Waals surface area contributed by atoms with Gasteiger partial charge >= 0.3 is 6.03 Å². The van der Waals surface area contributed by atoms with E-state index in [1.807, 2.05) is 36.0 Å². The molecule has 2 saturated heterocycles. The fourth-order valence-electron chi connectivity index (χ4n) is 6.35. The first-order valence-corrected chi connectivity index (χ1v) is 20.0. The predicted molar refractivity (Wildman–Crippen MR) is 197 cm³/mol. The van der Waals surface area contributed by atoms with Gasteiger partial charge in [-0.15, -0.1) is 0 Å². The lowest BCUT2D eigenvalue weighted by atomic mass is 10.0. The zero-order valence-electron chi connectivity index (χ0n) is 27.7. The van der Waals surface area contributed by atoms with Gasteiger partial charge in [0.15, 0.2) is 17.3 Å². The van der Waals surface area contributed by atoms with Crippen LogP contribution in [0, 0.1) is 0 Å². The zero-order chi connectivity index (χ0) is 34.2. The van der Waals surface area contributed by atoms with Crippen molar-refractivity contribution in [2.75, 3.05) is 44.1 Å². The summed E-state index contributed by atoms with van der Waals surface area (Å²) in [7, 11) is 6.58. The van der Waals surface area contributed by atoms with Gasteiger partial charge < -0.3 is 36.1 Å². The van der Waals surface area contributed by atoms with Crippen LogP contribution in [0.2, 0.25) is 0 Å². The van der Waals surface area contributed by atoms with E-state index in [4.69, 9.17) is 9.47 Å². The van der Waals surface area contributed by atoms with Gasteiger partial charge in [0.25, 0.3) is 0 Å². The van der Waals surface area contributed by atoms with Gasteiger partial charge in [-0.1, -0.05) is 27.7 Å². The van der Waals surface area contributed by atoms with Crippen molar-refractivity contribution in [1.82, 2.24) is 31.5 Å². The van der Waals surface area contributed by atoms with E-state index in [2.05, 4.69) is 48.9 Å². The number of rotatable bonds is 18. The molecule has 1 aliphatic carbocycles. The summed E-state index contributed by atoms with van der Waals surface area (Å²) in [6, 6.07) is 12.5. The van der Waals surface area contributed by atoms with Crippen LogP contribution in [0.1, 0.15) is 49.7 Å². The van der Waals surface area contributed by atoms with E-state index in [1.54, 1.807) is 35.8 Å². The first kappa shape index (κ1) is 35.1. The van der Waals surface area contributed by atoms with Gasteiger partial charge in [-0.25, -0.2) is 4.79 Å². The Morgan fingerprint density at radius 1 is 1.00 bits per heavy atom. The Morgan fingerprint density at radius 2 is 1.78 bits per heavy atom. The summed E-state index contributed by atoms with van der Waals surface area (Å²) in [5.41, 5.74) is 5.28. The van der Waals surface area contributed by atoms with E-state index >= 15 is 0 Å². The van der Waals surface area contributed by atoms with E-state index in [9.17, 15) is 14.4 Å². The Labute approximate surface area is 298 Å². The van der Waals surface area contributed by atoms with Crippen molar-refractivity contribution in [3.8, 4) is 22.8 Å². The van der Waals surface area contributed by atoms with Crippen LogP contribution in [-0.4, -0.2) is 84.2 Å². The second-order valence-electron chi connectivity index (χ2n) is 12.2. The Bertz CT molecular complexity index is 1650. The fraction of sp³-hybridized carbons (Fsp3) is 0.471. The molecule has 3 heterocycles. The molecule has 1 aromatic heterocycles. The number of ether oxygens (including phenoxy) is 2. The van der Waals surface area contributed by atoms with E-state index < -0.39 is 0 Å². The van der Waals surface area contributed by atoms with Gasteiger partial charge in [0.05, 0.1) is 32.0 Å². The minimum Gasteiger partial charge on any atom is -0.493 e. The molecule has 4 amide bonds. The largest absolute Gasteiger partial charge is 0.493 e. The number of aromatic amines is 1. The molecule has 0 bridgehead atoms. The molecule has 262 valence electrons. The third-order valence-corrected chi connectivity index (χ3v) is 12.7. The zero-order valence-corrected chi connectivity index (χ0v) is 30.1. The number of carbonyl (C=O) groups is 3. The third kappa shape index (κ3) is 8.92. The molecule has 6 rings (SSSR count). The SMILES string of the molecule is COc1cc2c(cc1OC)-c1[nH]nc(Nc3cccc(SSCCC(=O)NCCCCNC(=O)CCCC4SCC5NC(=O)NC54)c3)c1C2. The van der Waals surface area contributed by atoms with Crippen LogP contribution in [0.25, 0.3) is 11.3 Å². The molecule has 6 N–H and O–H groups in total. The number of amides is 4. The molecule has 0 saturated carbocycles. The molecule has 2 aliphatic heterocycles. The molecule has 2 fully saturated rings. The van der Waals surface area contributed by atoms with Gasteiger partial charge in [-0.05, 0) is 61.6 Å². The van der Waals surface area contributed by atoms with Gasteiger partial charge in [0.1, 0.15) is 0 Å². The fourth-order valence-corrected chi connectivity index (χ4v) is 9.91. The highest BCUT2D eigenvalue weighted by Crippen LogP contribution is 2.44. The summed E-state index contributed by atoms with van der Waals surface area (Å²) in [6.45, 7) is 1.21. The lowest BCUT2D eigenvalue weighted by Gasteiger charge is -2.16. The number of benzene rings is 2. The quantitative estimate of drug-likeness (QED) is 0.0457. The van der Waals surface area contributed by atoms with E-state index in [1.165, 1.54) is 0 Å². The van der Waals surface area contributed by atoms with Gasteiger partial charge in [-0.2, -0.15) is 16.9 Å². The standard InChI is InChI=1S/C34H43N7O5S3/c1-45-26-16-20-15-24-31(23(20)18-27(26)46-2)40-41-33(24)37-21-7-5-8-22(17-21)49-48-14-11-30(43)36-13-4-3-12-35-29(42)10-6-9-28-32-25(19-47-28)38-34(44)39-32/h5,7-8,16-18,25,28,32H,3-4,6,9-15,19H2,1-2H3,(H,35,42)(H,36,43)(H2,37,40,41)(H2,38,39,44). The van der Waals surface area contributed by atoms with Crippen LogP contribution >= 0.6 is 33.3 Å². The molecular weight excluding hydrogens is 683 g/mol. The molecular formula is C34H43N7O5S3. The topological polar surface area (TPSA) is 158 Å². The smallest absolute Gasteiger partial charge is 0.315 e. The molecule has 15 heteroatoms. The summed E-state index contributed by atoms with van der Waals surface area (Å²) in [4.78, 5) is 37.1. The van der Waals surface area contributed by atoms with Gasteiger partial charge in [0.2, 0.25) is 11.8 Å². The first-order valence-electron chi connectivity index (χ1n) is 16.6.